The van der Waals surface area contributed by atoms with Gasteiger partial charge in [0.05, 0.1) is 0 Å². The van der Waals surface area contributed by atoms with Gasteiger partial charge in [-0.25, -0.2) is 0 Å². The van der Waals surface area contributed by atoms with E-state index in [1.54, 1.807) is 12.1 Å². The van der Waals surface area contributed by atoms with Crippen LogP contribution in [0.3, 0.4) is 0 Å². The Kier molecular flexibility index (Phi) is 5.00. The van der Waals surface area contributed by atoms with E-state index in [0.29, 0.717) is 0 Å². The summed E-state index contributed by atoms with van der Waals surface area (Å²) in [4.78, 5) is 0. The third kappa shape index (κ3) is 3.79. The highest BCUT2D eigenvalue weighted by Gasteiger charge is 2.23. The van der Waals surface area contributed by atoms with Gasteiger partial charge >= 0.3 is 6.11 Å². The lowest BCUT2D eigenvalue weighted by Gasteiger charge is -2.19. The van der Waals surface area contributed by atoms with Crippen LogP contribution < -0.4 is 4.74 Å². The van der Waals surface area contributed by atoms with E-state index < -0.39 is 6.11 Å². The molecule has 0 aromatic heterocycles. The van der Waals surface area contributed by atoms with Crippen molar-refractivity contribution in [2.75, 3.05) is 0 Å². The fraction of sp³-hybridized carbons (Fsp3) is 0.0625. The summed E-state index contributed by atoms with van der Waals surface area (Å²) in [7, 11) is 0. The summed E-state index contributed by atoms with van der Waals surface area (Å²) in [6.45, 7) is 0.744. The molecule has 170 valence electrons. The molecule has 0 unspecified atom stereocenters. The van der Waals surface area contributed by atoms with Crippen LogP contribution in [-0.4, -0.2) is 6.11 Å². The number of ether oxygens (including phenoxy) is 1. The van der Waals surface area contributed by atoms with Crippen molar-refractivity contribution in [3.63, 3.8) is 0 Å². The lowest BCUT2D eigenvalue weighted by molar-refractivity contribution is -0.158. The molecule has 0 saturated carbocycles. The predicted molar refractivity (Wildman–Crippen MR) is 141 cm³/mol. The first-order valence-electron chi connectivity index (χ1n) is 11.6. The molecular formula is C32H22F2O. The molecule has 0 aliphatic heterocycles. The molecule has 6 aromatic carbocycles. The Morgan fingerprint density at radius 2 is 1.00 bits per heavy atom. The lowest BCUT2D eigenvalue weighted by Crippen LogP contribution is -2.18. The van der Waals surface area contributed by atoms with Crippen molar-refractivity contribution in [2.24, 2.45) is 0 Å². The zero-order valence-corrected chi connectivity index (χ0v) is 19.1. The van der Waals surface area contributed by atoms with E-state index in [1.807, 2.05) is 24.3 Å². The minimum absolute atomic E-state index is 0.141. The van der Waals surface area contributed by atoms with Gasteiger partial charge < -0.3 is 4.74 Å². The Morgan fingerprint density at radius 1 is 0.514 bits per heavy atom. The van der Waals surface area contributed by atoms with E-state index in [1.165, 1.54) is 21.9 Å². The Hall–Kier alpha value is -4.24. The molecule has 0 saturated heterocycles. The van der Waals surface area contributed by atoms with Gasteiger partial charge in [0.25, 0.3) is 0 Å². The van der Waals surface area contributed by atoms with Crippen molar-refractivity contribution in [1.82, 2.24) is 0 Å². The van der Waals surface area contributed by atoms with Crippen LogP contribution in [-0.2, 0) is 0 Å². The second-order valence-electron chi connectivity index (χ2n) is 8.80. The quantitative estimate of drug-likeness (QED) is 0.238. The SMILES string of the molecule is CC(F)(F)Oc1ccc(-c2c3ccccc3c(-c3cccc4ccccc34)c3ccccc23)cc1. The minimum atomic E-state index is -3.22. The van der Waals surface area contributed by atoms with Crippen LogP contribution in [0.25, 0.3) is 54.6 Å². The largest absolute Gasteiger partial charge is 0.433 e. The standard InChI is InChI=1S/C32H22F2O/c1-32(33,34)35-23-19-17-22(18-20-23)30-26-12-4-6-14-28(26)31(29-15-7-5-13-27(29)30)25-16-8-10-21-9-2-3-11-24(21)25/h2-20H,1H3. The van der Waals surface area contributed by atoms with Crippen LogP contribution in [0, 0.1) is 0 Å². The fourth-order valence-electron chi connectivity index (χ4n) is 5.07. The highest BCUT2D eigenvalue weighted by atomic mass is 19.3. The number of hydrogen-bond donors (Lipinski definition) is 0. The molecule has 35 heavy (non-hydrogen) atoms. The van der Waals surface area contributed by atoms with Crippen LogP contribution in [0.4, 0.5) is 8.78 Å². The first-order valence-corrected chi connectivity index (χ1v) is 11.6. The summed E-state index contributed by atoms with van der Waals surface area (Å²) >= 11 is 0. The molecule has 0 fully saturated rings. The number of fused-ring (bicyclic) bond motifs is 3. The van der Waals surface area contributed by atoms with Crippen LogP contribution in [0.5, 0.6) is 5.75 Å². The van der Waals surface area contributed by atoms with Gasteiger partial charge in [0, 0.05) is 6.92 Å². The van der Waals surface area contributed by atoms with E-state index in [2.05, 4.69) is 78.9 Å². The maximum Gasteiger partial charge on any atom is 0.394 e. The molecule has 0 bridgehead atoms. The third-order valence-electron chi connectivity index (χ3n) is 6.43. The fourth-order valence-corrected chi connectivity index (χ4v) is 5.07. The van der Waals surface area contributed by atoms with E-state index in [9.17, 15) is 8.78 Å². The van der Waals surface area contributed by atoms with Crippen molar-refractivity contribution < 1.29 is 13.5 Å². The van der Waals surface area contributed by atoms with Crippen molar-refractivity contribution >= 4 is 32.3 Å². The minimum Gasteiger partial charge on any atom is -0.433 e. The molecule has 0 aliphatic rings. The molecule has 0 radical (unpaired) electrons. The van der Waals surface area contributed by atoms with Gasteiger partial charge in [0.1, 0.15) is 5.75 Å². The Morgan fingerprint density at radius 3 is 1.57 bits per heavy atom. The van der Waals surface area contributed by atoms with Gasteiger partial charge in [-0.2, -0.15) is 8.78 Å². The number of rotatable bonds is 4. The molecule has 0 aliphatic carbocycles. The third-order valence-corrected chi connectivity index (χ3v) is 6.43. The summed E-state index contributed by atoms with van der Waals surface area (Å²) in [5.74, 6) is 0.141. The van der Waals surface area contributed by atoms with Crippen LogP contribution >= 0.6 is 0 Å². The topological polar surface area (TPSA) is 9.23 Å². The summed E-state index contributed by atoms with van der Waals surface area (Å²) in [5.41, 5.74) is 4.42. The van der Waals surface area contributed by atoms with Crippen molar-refractivity contribution in [3.05, 3.63) is 115 Å². The van der Waals surface area contributed by atoms with Gasteiger partial charge in [0.2, 0.25) is 0 Å². The number of alkyl halides is 2. The maximum absolute atomic E-state index is 13.3. The molecule has 0 N–H and O–H groups in total. The first kappa shape index (κ1) is 21.3. The predicted octanol–water partition coefficient (Wildman–Crippen LogP) is 9.47. The molecule has 0 atom stereocenters. The van der Waals surface area contributed by atoms with Crippen molar-refractivity contribution in [2.45, 2.75) is 13.0 Å². The second kappa shape index (κ2) is 8.21. The van der Waals surface area contributed by atoms with Crippen LogP contribution in [0.1, 0.15) is 6.92 Å². The zero-order chi connectivity index (χ0) is 24.0. The van der Waals surface area contributed by atoms with Crippen molar-refractivity contribution in [3.8, 4) is 28.0 Å². The monoisotopic (exact) mass is 460 g/mol. The van der Waals surface area contributed by atoms with E-state index in [-0.39, 0.29) is 5.75 Å². The van der Waals surface area contributed by atoms with Crippen molar-refractivity contribution in [1.29, 1.82) is 0 Å². The van der Waals surface area contributed by atoms with E-state index in [4.69, 9.17) is 4.74 Å². The van der Waals surface area contributed by atoms with E-state index in [0.717, 1.165) is 39.6 Å². The molecule has 6 rings (SSSR count). The smallest absolute Gasteiger partial charge is 0.394 e. The zero-order valence-electron chi connectivity index (χ0n) is 19.1. The molecule has 0 heterocycles. The molecule has 0 spiro atoms. The normalized spacial score (nSPS) is 11.9. The van der Waals surface area contributed by atoms with Crippen LogP contribution in [0.2, 0.25) is 0 Å². The second-order valence-corrected chi connectivity index (χ2v) is 8.80. The average Bonchev–Trinajstić information content (AvgIpc) is 2.87. The number of benzene rings is 6. The number of hydrogen-bond acceptors (Lipinski definition) is 1. The molecular weight excluding hydrogens is 438 g/mol. The van der Waals surface area contributed by atoms with Gasteiger partial charge in [0.15, 0.2) is 0 Å². The maximum atomic E-state index is 13.3. The summed E-state index contributed by atoms with van der Waals surface area (Å²) in [6.07, 6.45) is -3.22. The Labute approximate surface area is 202 Å². The summed E-state index contributed by atoms with van der Waals surface area (Å²) in [6, 6.07) is 38.6. The molecule has 1 nitrogen and oxygen atoms in total. The van der Waals surface area contributed by atoms with Crippen LogP contribution in [0.15, 0.2) is 115 Å². The first-order chi connectivity index (χ1) is 17.0. The Balaban J connectivity index is 1.67. The highest BCUT2D eigenvalue weighted by molar-refractivity contribution is 6.23. The van der Waals surface area contributed by atoms with Gasteiger partial charge in [-0.15, -0.1) is 0 Å². The average molecular weight is 461 g/mol. The summed E-state index contributed by atoms with van der Waals surface area (Å²) < 4.78 is 31.4. The van der Waals surface area contributed by atoms with E-state index >= 15 is 0 Å². The molecule has 6 aromatic rings. The van der Waals surface area contributed by atoms with Gasteiger partial charge in [-0.05, 0) is 66.7 Å². The lowest BCUT2D eigenvalue weighted by atomic mass is 9.85. The Bertz CT molecular complexity index is 1630. The molecule has 0 amide bonds. The van der Waals surface area contributed by atoms with Gasteiger partial charge in [-0.1, -0.05) is 103 Å². The van der Waals surface area contributed by atoms with Gasteiger partial charge in [-0.3, -0.25) is 0 Å². The number of halogens is 2. The molecule has 3 heteroatoms. The summed E-state index contributed by atoms with van der Waals surface area (Å²) in [5, 5.41) is 6.94. The highest BCUT2D eigenvalue weighted by Crippen LogP contribution is 2.45.